The second-order valence-electron chi connectivity index (χ2n) is 5.47. The summed E-state index contributed by atoms with van der Waals surface area (Å²) in [5, 5.41) is 3.10. The van der Waals surface area contributed by atoms with Crippen LogP contribution in [0.3, 0.4) is 0 Å². The molecule has 0 saturated carbocycles. The van der Waals surface area contributed by atoms with Crippen molar-refractivity contribution >= 4 is 40.8 Å². The molecule has 0 aliphatic heterocycles. The number of benzene rings is 2. The lowest BCUT2D eigenvalue weighted by Crippen LogP contribution is -2.30. The predicted octanol–water partition coefficient (Wildman–Crippen LogP) is 4.34. The van der Waals surface area contributed by atoms with Crippen molar-refractivity contribution in [1.82, 2.24) is 0 Å². The Morgan fingerprint density at radius 3 is 2.48 bits per heavy atom. The number of para-hydroxylation sites is 2. The van der Waals surface area contributed by atoms with E-state index in [-0.39, 0.29) is 18.1 Å². The highest BCUT2D eigenvalue weighted by molar-refractivity contribution is 6.44. The number of carbonyl (C=O) groups is 2. The topological polar surface area (TPSA) is 73.9 Å². The number of hydrogen-bond acceptors (Lipinski definition) is 5. The fraction of sp³-hybridized carbons (Fsp3) is 0.263. The van der Waals surface area contributed by atoms with E-state index in [1.807, 2.05) is 6.07 Å². The fourth-order valence-corrected chi connectivity index (χ4v) is 2.47. The quantitative estimate of drug-likeness (QED) is 0.653. The number of carbonyl (C=O) groups excluding carboxylic acids is 2. The maximum atomic E-state index is 12.2. The molecule has 0 aliphatic rings. The van der Waals surface area contributed by atoms with Crippen molar-refractivity contribution in [2.24, 2.45) is 0 Å². The van der Waals surface area contributed by atoms with E-state index in [0.717, 1.165) is 0 Å². The maximum absolute atomic E-state index is 12.2. The van der Waals surface area contributed by atoms with Crippen LogP contribution in [-0.4, -0.2) is 31.7 Å². The minimum Gasteiger partial charge on any atom is -0.493 e. The van der Waals surface area contributed by atoms with E-state index in [9.17, 15) is 9.59 Å². The van der Waals surface area contributed by atoms with E-state index in [4.69, 9.17) is 37.4 Å². The Labute approximate surface area is 167 Å². The van der Waals surface area contributed by atoms with Crippen LogP contribution in [0.2, 0.25) is 10.0 Å². The Morgan fingerprint density at radius 1 is 1.07 bits per heavy atom. The van der Waals surface area contributed by atoms with Crippen molar-refractivity contribution < 1.29 is 23.8 Å². The van der Waals surface area contributed by atoms with Gasteiger partial charge < -0.3 is 19.5 Å². The van der Waals surface area contributed by atoms with Crippen LogP contribution in [0.5, 0.6) is 11.5 Å². The first kappa shape index (κ1) is 20.9. The molecule has 0 heterocycles. The molecule has 0 radical (unpaired) electrons. The molecule has 8 heteroatoms. The van der Waals surface area contributed by atoms with Gasteiger partial charge in [-0.3, -0.25) is 9.59 Å². The molecule has 0 spiro atoms. The molecule has 27 heavy (non-hydrogen) atoms. The number of esters is 1. The Morgan fingerprint density at radius 2 is 1.78 bits per heavy atom. The second kappa shape index (κ2) is 10.0. The van der Waals surface area contributed by atoms with Gasteiger partial charge in [-0.1, -0.05) is 41.4 Å². The summed E-state index contributed by atoms with van der Waals surface area (Å²) in [6.45, 7) is 1.56. The Balaban J connectivity index is 1.80. The van der Waals surface area contributed by atoms with E-state index in [0.29, 0.717) is 22.2 Å². The number of nitrogens with one attached hydrogen (secondary N) is 1. The van der Waals surface area contributed by atoms with Crippen LogP contribution in [0.15, 0.2) is 42.5 Å². The van der Waals surface area contributed by atoms with Crippen LogP contribution >= 0.6 is 23.2 Å². The summed E-state index contributed by atoms with van der Waals surface area (Å²) < 4.78 is 15.8. The summed E-state index contributed by atoms with van der Waals surface area (Å²) in [7, 11) is 1.53. The van der Waals surface area contributed by atoms with E-state index < -0.39 is 18.0 Å². The highest BCUT2D eigenvalue weighted by Gasteiger charge is 2.19. The van der Waals surface area contributed by atoms with Crippen molar-refractivity contribution in [2.75, 3.05) is 19.0 Å². The minimum absolute atomic E-state index is 0.0202. The summed E-state index contributed by atoms with van der Waals surface area (Å²) in [5.41, 5.74) is 0.344. The summed E-state index contributed by atoms with van der Waals surface area (Å²) in [4.78, 5) is 24.1. The van der Waals surface area contributed by atoms with Gasteiger partial charge in [0.25, 0.3) is 5.91 Å². The van der Waals surface area contributed by atoms with Crippen LogP contribution < -0.4 is 14.8 Å². The third-order valence-electron chi connectivity index (χ3n) is 3.52. The van der Waals surface area contributed by atoms with Gasteiger partial charge in [0, 0.05) is 0 Å². The lowest BCUT2D eigenvalue weighted by Gasteiger charge is -2.15. The zero-order valence-corrected chi connectivity index (χ0v) is 16.3. The van der Waals surface area contributed by atoms with Crippen molar-refractivity contribution in [3.05, 3.63) is 52.5 Å². The van der Waals surface area contributed by atoms with Gasteiger partial charge in [-0.15, -0.1) is 0 Å². The molecule has 6 nitrogen and oxygen atoms in total. The van der Waals surface area contributed by atoms with Crippen LogP contribution in [0, 0.1) is 0 Å². The largest absolute Gasteiger partial charge is 0.493 e. The second-order valence-corrected chi connectivity index (χ2v) is 6.26. The summed E-state index contributed by atoms with van der Waals surface area (Å²) in [6, 6.07) is 11.9. The fourth-order valence-electron chi connectivity index (χ4n) is 2.13. The molecule has 1 unspecified atom stereocenters. The molecule has 0 fully saturated rings. The van der Waals surface area contributed by atoms with Gasteiger partial charge in [-0.2, -0.15) is 0 Å². The van der Waals surface area contributed by atoms with Gasteiger partial charge in [0.2, 0.25) is 0 Å². The van der Waals surface area contributed by atoms with Gasteiger partial charge >= 0.3 is 5.97 Å². The third kappa shape index (κ3) is 6.05. The molecule has 2 rings (SSSR count). The Kier molecular flexibility index (Phi) is 7.76. The van der Waals surface area contributed by atoms with E-state index in [1.165, 1.54) is 14.0 Å². The number of ether oxygens (including phenoxy) is 3. The van der Waals surface area contributed by atoms with Crippen LogP contribution in [0.1, 0.15) is 13.3 Å². The first-order chi connectivity index (χ1) is 12.9. The molecule has 0 aliphatic carbocycles. The minimum atomic E-state index is -1.00. The molecule has 0 bridgehead atoms. The highest BCUT2D eigenvalue weighted by Crippen LogP contribution is 2.29. The summed E-state index contributed by atoms with van der Waals surface area (Å²) in [5.74, 6) is 0.00843. The molecule has 0 saturated heterocycles. The SMILES string of the molecule is COc1ccccc1OCCC(=O)OC(C)C(=O)Nc1cccc(Cl)c1Cl. The van der Waals surface area contributed by atoms with Gasteiger partial charge in [0.15, 0.2) is 17.6 Å². The third-order valence-corrected chi connectivity index (χ3v) is 4.34. The summed E-state index contributed by atoms with van der Waals surface area (Å²) in [6.07, 6.45) is -1.02. The lowest BCUT2D eigenvalue weighted by molar-refractivity contribution is -0.153. The van der Waals surface area contributed by atoms with E-state index in [2.05, 4.69) is 5.32 Å². The normalized spacial score (nSPS) is 11.4. The number of halogens is 2. The van der Waals surface area contributed by atoms with Crippen molar-refractivity contribution in [1.29, 1.82) is 0 Å². The zero-order valence-electron chi connectivity index (χ0n) is 14.8. The first-order valence-electron chi connectivity index (χ1n) is 8.12. The van der Waals surface area contributed by atoms with Gasteiger partial charge in [-0.05, 0) is 31.2 Å². The average molecular weight is 412 g/mol. The molecular weight excluding hydrogens is 393 g/mol. The molecule has 1 N–H and O–H groups in total. The number of anilines is 1. The number of amides is 1. The van der Waals surface area contributed by atoms with Crippen molar-refractivity contribution in [2.45, 2.75) is 19.4 Å². The van der Waals surface area contributed by atoms with E-state index >= 15 is 0 Å². The Bertz CT molecular complexity index is 812. The van der Waals surface area contributed by atoms with Crippen molar-refractivity contribution in [3.63, 3.8) is 0 Å². The number of hydrogen-bond donors (Lipinski definition) is 1. The standard InChI is InChI=1S/C19H19Cl2NO5/c1-12(19(24)22-14-7-5-6-13(20)18(14)21)27-17(23)10-11-26-16-9-4-3-8-15(16)25-2/h3-9,12H,10-11H2,1-2H3,(H,22,24). The Hall–Kier alpha value is -2.44. The van der Waals surface area contributed by atoms with Crippen LogP contribution in [0.4, 0.5) is 5.69 Å². The van der Waals surface area contributed by atoms with Gasteiger partial charge in [-0.25, -0.2) is 0 Å². The first-order valence-corrected chi connectivity index (χ1v) is 8.88. The molecule has 2 aromatic rings. The zero-order chi connectivity index (χ0) is 19.8. The van der Waals surface area contributed by atoms with Gasteiger partial charge in [0.05, 0.1) is 35.9 Å². The monoisotopic (exact) mass is 411 g/mol. The van der Waals surface area contributed by atoms with E-state index in [1.54, 1.807) is 36.4 Å². The molecule has 1 atom stereocenters. The molecule has 144 valence electrons. The van der Waals surface area contributed by atoms with Crippen LogP contribution in [-0.2, 0) is 14.3 Å². The number of methoxy groups -OCH3 is 1. The molecule has 0 aromatic heterocycles. The van der Waals surface area contributed by atoms with Crippen molar-refractivity contribution in [3.8, 4) is 11.5 Å². The predicted molar refractivity (Wildman–Crippen MR) is 104 cm³/mol. The summed E-state index contributed by atoms with van der Waals surface area (Å²) >= 11 is 11.9. The van der Waals surface area contributed by atoms with Crippen LogP contribution in [0.25, 0.3) is 0 Å². The average Bonchev–Trinajstić information content (AvgIpc) is 2.65. The van der Waals surface area contributed by atoms with Gasteiger partial charge in [0.1, 0.15) is 0 Å². The molecular formula is C19H19Cl2NO5. The lowest BCUT2D eigenvalue weighted by atomic mass is 10.3. The maximum Gasteiger partial charge on any atom is 0.310 e. The molecule has 2 aromatic carbocycles. The number of rotatable bonds is 8. The smallest absolute Gasteiger partial charge is 0.310 e. The molecule has 1 amide bonds. The highest BCUT2D eigenvalue weighted by atomic mass is 35.5.